The Balaban J connectivity index is 3.15. The summed E-state index contributed by atoms with van der Waals surface area (Å²) in [6.45, 7) is 0. The zero-order chi connectivity index (χ0) is 8.43. The summed E-state index contributed by atoms with van der Waals surface area (Å²) in [6.07, 6.45) is 0. The average Bonchev–Trinajstić information content (AvgIpc) is 1.94. The predicted molar refractivity (Wildman–Crippen MR) is 41.0 cm³/mol. The molecule has 1 aromatic carbocycles. The molecular weight excluding hydrogens is 169 g/mol. The molecule has 1 rings (SSSR count). The summed E-state index contributed by atoms with van der Waals surface area (Å²) in [6, 6.07) is 3.67. The van der Waals surface area contributed by atoms with E-state index in [0.29, 0.717) is 0 Å². The molecule has 0 unspecified atom stereocenters. The summed E-state index contributed by atoms with van der Waals surface area (Å²) in [5, 5.41) is -0.691. The third kappa shape index (κ3) is 1.68. The monoisotopic (exact) mass is 173 g/mol. The van der Waals surface area contributed by atoms with E-state index in [0.717, 1.165) is 6.07 Å². The Bertz CT molecular complexity index is 300. The van der Waals surface area contributed by atoms with E-state index in [9.17, 15) is 9.18 Å². The number of hydrogen-bond acceptors (Lipinski definition) is 2. The van der Waals surface area contributed by atoms with Gasteiger partial charge in [-0.1, -0.05) is 0 Å². The van der Waals surface area contributed by atoms with Gasteiger partial charge < -0.3 is 5.73 Å². The maximum absolute atomic E-state index is 12.6. The maximum atomic E-state index is 12.6. The summed E-state index contributed by atoms with van der Waals surface area (Å²) in [7, 11) is 0. The van der Waals surface area contributed by atoms with Crippen molar-refractivity contribution in [1.82, 2.24) is 0 Å². The Hall–Kier alpha value is -1.09. The first-order valence-electron chi connectivity index (χ1n) is 2.86. The summed E-state index contributed by atoms with van der Waals surface area (Å²) in [5.74, 6) is -0.628. The number of anilines is 1. The van der Waals surface area contributed by atoms with Crippen LogP contribution in [0.5, 0.6) is 0 Å². The lowest BCUT2D eigenvalue weighted by molar-refractivity contribution is 0.108. The van der Waals surface area contributed by atoms with E-state index in [1.165, 1.54) is 12.1 Å². The fraction of sp³-hybridized carbons (Fsp3) is 0. The summed E-state index contributed by atoms with van der Waals surface area (Å²) in [4.78, 5) is 10.5. The molecule has 11 heavy (non-hydrogen) atoms. The van der Waals surface area contributed by atoms with Crippen molar-refractivity contribution in [2.24, 2.45) is 0 Å². The van der Waals surface area contributed by atoms with E-state index in [2.05, 4.69) is 0 Å². The van der Waals surface area contributed by atoms with E-state index in [1.54, 1.807) is 0 Å². The zero-order valence-corrected chi connectivity index (χ0v) is 6.23. The molecule has 0 aliphatic rings. The molecular formula is C7H5ClFNO. The second-order valence-corrected chi connectivity index (χ2v) is 2.35. The first kappa shape index (κ1) is 8.01. The van der Waals surface area contributed by atoms with Gasteiger partial charge in [-0.3, -0.25) is 4.79 Å². The highest BCUT2D eigenvalue weighted by atomic mass is 35.5. The second kappa shape index (κ2) is 2.88. The molecule has 0 aromatic heterocycles. The highest BCUT2D eigenvalue weighted by molar-refractivity contribution is 6.67. The number of rotatable bonds is 1. The molecule has 0 aliphatic carbocycles. The van der Waals surface area contributed by atoms with Gasteiger partial charge in [0, 0.05) is 5.56 Å². The SMILES string of the molecule is Nc1ccc(C(=O)Cl)cc1F. The number of nitrogen functional groups attached to an aromatic ring is 1. The molecule has 1 aromatic rings. The van der Waals surface area contributed by atoms with Gasteiger partial charge in [0.2, 0.25) is 0 Å². The number of benzene rings is 1. The predicted octanol–water partition coefficient (Wildman–Crippen LogP) is 1.79. The van der Waals surface area contributed by atoms with Crippen molar-refractivity contribution in [2.45, 2.75) is 0 Å². The van der Waals surface area contributed by atoms with Gasteiger partial charge in [0.25, 0.3) is 5.24 Å². The van der Waals surface area contributed by atoms with Crippen molar-refractivity contribution in [1.29, 1.82) is 0 Å². The Morgan fingerprint density at radius 2 is 2.18 bits per heavy atom. The molecule has 0 radical (unpaired) electrons. The highest BCUT2D eigenvalue weighted by Crippen LogP contribution is 2.13. The molecule has 0 bridgehead atoms. The quantitative estimate of drug-likeness (QED) is 0.520. The lowest BCUT2D eigenvalue weighted by Gasteiger charge is -1.96. The van der Waals surface area contributed by atoms with Crippen LogP contribution in [0.1, 0.15) is 10.4 Å². The van der Waals surface area contributed by atoms with E-state index in [-0.39, 0.29) is 11.3 Å². The molecule has 58 valence electrons. The molecule has 0 atom stereocenters. The minimum atomic E-state index is -0.691. The van der Waals surface area contributed by atoms with E-state index in [1.807, 2.05) is 0 Å². The summed E-state index contributed by atoms with van der Waals surface area (Å²) in [5.41, 5.74) is 5.28. The van der Waals surface area contributed by atoms with Gasteiger partial charge in [0.1, 0.15) is 5.82 Å². The van der Waals surface area contributed by atoms with Crippen LogP contribution in [0.3, 0.4) is 0 Å². The van der Waals surface area contributed by atoms with Crippen molar-refractivity contribution in [3.63, 3.8) is 0 Å². The second-order valence-electron chi connectivity index (χ2n) is 2.01. The fourth-order valence-corrected chi connectivity index (χ4v) is 0.767. The normalized spacial score (nSPS) is 9.64. The van der Waals surface area contributed by atoms with Gasteiger partial charge in [-0.2, -0.15) is 0 Å². The average molecular weight is 174 g/mol. The molecule has 0 aliphatic heterocycles. The largest absolute Gasteiger partial charge is 0.396 e. The van der Waals surface area contributed by atoms with Crippen molar-refractivity contribution in [3.8, 4) is 0 Å². The van der Waals surface area contributed by atoms with E-state index in [4.69, 9.17) is 17.3 Å². The van der Waals surface area contributed by atoms with Crippen LogP contribution in [0.25, 0.3) is 0 Å². The van der Waals surface area contributed by atoms with Gasteiger partial charge in [0.15, 0.2) is 0 Å². The number of carbonyl (C=O) groups excluding carboxylic acids is 1. The summed E-state index contributed by atoms with van der Waals surface area (Å²) >= 11 is 5.08. The molecule has 0 spiro atoms. The third-order valence-electron chi connectivity index (χ3n) is 1.23. The van der Waals surface area contributed by atoms with Crippen LogP contribution in [-0.4, -0.2) is 5.24 Å². The first-order valence-corrected chi connectivity index (χ1v) is 3.24. The third-order valence-corrected chi connectivity index (χ3v) is 1.45. The van der Waals surface area contributed by atoms with Crippen LogP contribution in [0.2, 0.25) is 0 Å². The highest BCUT2D eigenvalue weighted by Gasteiger charge is 2.04. The number of halogens is 2. The lowest BCUT2D eigenvalue weighted by Crippen LogP contribution is -1.94. The van der Waals surface area contributed by atoms with Gasteiger partial charge in [0.05, 0.1) is 5.69 Å². The lowest BCUT2D eigenvalue weighted by atomic mass is 10.2. The number of hydrogen-bond donors (Lipinski definition) is 1. The first-order chi connectivity index (χ1) is 5.11. The van der Waals surface area contributed by atoms with Gasteiger partial charge in [-0.25, -0.2) is 4.39 Å². The minimum Gasteiger partial charge on any atom is -0.396 e. The number of carbonyl (C=O) groups is 1. The van der Waals surface area contributed by atoms with Gasteiger partial charge >= 0.3 is 0 Å². The van der Waals surface area contributed by atoms with E-state index >= 15 is 0 Å². The minimum absolute atomic E-state index is 0.00617. The molecule has 0 fully saturated rings. The Labute approximate surface area is 67.8 Å². The maximum Gasteiger partial charge on any atom is 0.252 e. The Morgan fingerprint density at radius 1 is 1.55 bits per heavy atom. The summed E-state index contributed by atoms with van der Waals surface area (Å²) < 4.78 is 12.6. The molecule has 2 N–H and O–H groups in total. The van der Waals surface area contributed by atoms with Gasteiger partial charge in [-0.05, 0) is 29.8 Å². The van der Waals surface area contributed by atoms with Crippen LogP contribution in [0.4, 0.5) is 10.1 Å². The van der Waals surface area contributed by atoms with Gasteiger partial charge in [-0.15, -0.1) is 0 Å². The molecule has 2 nitrogen and oxygen atoms in total. The fourth-order valence-electron chi connectivity index (χ4n) is 0.649. The van der Waals surface area contributed by atoms with Crippen molar-refractivity contribution in [2.75, 3.05) is 5.73 Å². The van der Waals surface area contributed by atoms with Crippen molar-refractivity contribution >= 4 is 22.5 Å². The molecule has 0 saturated carbocycles. The van der Waals surface area contributed by atoms with Crippen molar-refractivity contribution in [3.05, 3.63) is 29.6 Å². The van der Waals surface area contributed by atoms with Crippen LogP contribution in [0.15, 0.2) is 18.2 Å². The van der Waals surface area contributed by atoms with Crippen LogP contribution in [0, 0.1) is 5.82 Å². The Morgan fingerprint density at radius 3 is 2.64 bits per heavy atom. The number of nitrogens with two attached hydrogens (primary N) is 1. The zero-order valence-electron chi connectivity index (χ0n) is 5.47. The standard InChI is InChI=1S/C7H5ClFNO/c8-7(11)4-1-2-6(10)5(9)3-4/h1-3H,10H2. The molecule has 4 heteroatoms. The molecule has 0 saturated heterocycles. The smallest absolute Gasteiger partial charge is 0.252 e. The molecule has 0 amide bonds. The van der Waals surface area contributed by atoms with Crippen LogP contribution >= 0.6 is 11.6 Å². The Kier molecular flexibility index (Phi) is 2.10. The van der Waals surface area contributed by atoms with Crippen molar-refractivity contribution < 1.29 is 9.18 Å². The topological polar surface area (TPSA) is 43.1 Å². The van der Waals surface area contributed by atoms with Crippen LogP contribution < -0.4 is 5.73 Å². The van der Waals surface area contributed by atoms with E-state index < -0.39 is 11.1 Å². The van der Waals surface area contributed by atoms with Crippen LogP contribution in [-0.2, 0) is 0 Å². The molecule has 0 heterocycles.